The molecular weight excluding hydrogens is 204 g/mol. The van der Waals surface area contributed by atoms with Crippen LogP contribution in [0.5, 0.6) is 0 Å². The Morgan fingerprint density at radius 3 is 2.53 bits per heavy atom. The molecule has 0 radical (unpaired) electrons. The molecule has 0 heteroatoms. The lowest BCUT2D eigenvalue weighted by molar-refractivity contribution is 0.613. The molecule has 0 aromatic rings. The first-order chi connectivity index (χ1) is 8.22. The number of hydrogen-bond acceptors (Lipinski definition) is 0. The highest BCUT2D eigenvalue weighted by Crippen LogP contribution is 2.58. The molecule has 1 aliphatic carbocycles. The van der Waals surface area contributed by atoms with Gasteiger partial charge in [-0.1, -0.05) is 57.4 Å². The van der Waals surface area contributed by atoms with Gasteiger partial charge in [0.25, 0.3) is 0 Å². The predicted octanol–water partition coefficient (Wildman–Crippen LogP) is 5.90. The lowest BCUT2D eigenvalue weighted by atomic mass is 9.94. The van der Waals surface area contributed by atoms with E-state index in [-0.39, 0.29) is 0 Å². The molecule has 0 N–H and O–H groups in total. The fourth-order valence-corrected chi connectivity index (χ4v) is 2.96. The summed E-state index contributed by atoms with van der Waals surface area (Å²) in [6.45, 7) is 9.06. The Morgan fingerprint density at radius 1 is 1.24 bits per heavy atom. The third-order valence-electron chi connectivity index (χ3n) is 4.09. The second-order valence-corrected chi connectivity index (χ2v) is 5.56. The highest BCUT2D eigenvalue weighted by atomic mass is 14.5. The van der Waals surface area contributed by atoms with Crippen LogP contribution in [-0.4, -0.2) is 0 Å². The van der Waals surface area contributed by atoms with Gasteiger partial charge in [0.15, 0.2) is 0 Å². The van der Waals surface area contributed by atoms with Crippen molar-refractivity contribution >= 4 is 0 Å². The Balaban J connectivity index is 2.68. The van der Waals surface area contributed by atoms with Gasteiger partial charge >= 0.3 is 0 Å². The Hall–Kier alpha value is -0.520. The van der Waals surface area contributed by atoms with E-state index in [4.69, 9.17) is 0 Å². The van der Waals surface area contributed by atoms with E-state index in [0.29, 0.717) is 5.41 Å². The molecule has 1 fully saturated rings. The van der Waals surface area contributed by atoms with Gasteiger partial charge in [-0.2, -0.15) is 0 Å². The molecule has 0 heterocycles. The lowest BCUT2D eigenvalue weighted by Gasteiger charge is -2.11. The summed E-state index contributed by atoms with van der Waals surface area (Å²) in [6.07, 6.45) is 16.6. The minimum absolute atomic E-state index is 0.448. The molecule has 98 valence electrons. The lowest BCUT2D eigenvalue weighted by Crippen LogP contribution is -1.98. The van der Waals surface area contributed by atoms with Crippen molar-refractivity contribution in [1.29, 1.82) is 0 Å². The maximum absolute atomic E-state index is 2.61. The normalized spacial score (nSPS) is 28.9. The molecule has 0 nitrogen and oxygen atoms in total. The van der Waals surface area contributed by atoms with Gasteiger partial charge in [0.1, 0.15) is 0 Å². The largest absolute Gasteiger partial charge is 0.0908 e. The summed E-state index contributed by atoms with van der Waals surface area (Å²) in [4.78, 5) is 0. The highest BCUT2D eigenvalue weighted by molar-refractivity contribution is 5.27. The standard InChI is InChI=1S/C17H30/c1-5-9-11-15(8-4)13-17(12-7-3)14-16(17)10-6-2/h7,12-13,16H,5-6,8-11,14H2,1-4H3. The monoisotopic (exact) mass is 234 g/mol. The second kappa shape index (κ2) is 7.03. The van der Waals surface area contributed by atoms with Crippen molar-refractivity contribution in [3.63, 3.8) is 0 Å². The molecule has 2 unspecified atom stereocenters. The Bertz CT molecular complexity index is 272. The van der Waals surface area contributed by atoms with E-state index >= 15 is 0 Å². The van der Waals surface area contributed by atoms with E-state index in [9.17, 15) is 0 Å². The van der Waals surface area contributed by atoms with Crippen LogP contribution in [0.15, 0.2) is 23.8 Å². The zero-order valence-corrected chi connectivity index (χ0v) is 12.3. The topological polar surface area (TPSA) is 0 Å². The van der Waals surface area contributed by atoms with Crippen molar-refractivity contribution in [2.24, 2.45) is 11.3 Å². The molecule has 17 heavy (non-hydrogen) atoms. The minimum Gasteiger partial charge on any atom is -0.0908 e. The fraction of sp³-hybridized carbons (Fsp3) is 0.765. The molecular formula is C17H30. The molecule has 0 amide bonds. The van der Waals surface area contributed by atoms with Gasteiger partial charge < -0.3 is 0 Å². The molecule has 0 aromatic carbocycles. The van der Waals surface area contributed by atoms with Crippen molar-refractivity contribution in [1.82, 2.24) is 0 Å². The van der Waals surface area contributed by atoms with Gasteiger partial charge in [0.05, 0.1) is 0 Å². The molecule has 1 aliphatic rings. The van der Waals surface area contributed by atoms with E-state index in [1.807, 2.05) is 0 Å². The summed E-state index contributed by atoms with van der Waals surface area (Å²) in [5.41, 5.74) is 2.13. The van der Waals surface area contributed by atoms with E-state index in [0.717, 1.165) is 5.92 Å². The van der Waals surface area contributed by atoms with E-state index in [2.05, 4.69) is 45.9 Å². The van der Waals surface area contributed by atoms with Gasteiger partial charge in [-0.25, -0.2) is 0 Å². The third kappa shape index (κ3) is 4.01. The zero-order valence-electron chi connectivity index (χ0n) is 12.3. The summed E-state index contributed by atoms with van der Waals surface area (Å²) in [5.74, 6) is 0.923. The number of allylic oxidation sites excluding steroid dienone is 4. The van der Waals surface area contributed by atoms with Crippen molar-refractivity contribution in [3.8, 4) is 0 Å². The highest BCUT2D eigenvalue weighted by Gasteiger charge is 2.49. The van der Waals surface area contributed by atoms with Crippen LogP contribution in [0.1, 0.15) is 72.6 Å². The van der Waals surface area contributed by atoms with Crippen molar-refractivity contribution in [2.75, 3.05) is 0 Å². The first-order valence-electron chi connectivity index (χ1n) is 7.56. The summed E-state index contributed by atoms with van der Waals surface area (Å²) in [5, 5.41) is 0. The number of rotatable bonds is 8. The first-order valence-corrected chi connectivity index (χ1v) is 7.56. The van der Waals surface area contributed by atoms with Crippen LogP contribution < -0.4 is 0 Å². The van der Waals surface area contributed by atoms with Crippen LogP contribution in [0, 0.1) is 11.3 Å². The SMILES string of the molecule is CC=CC1(C=C(CC)CCCC)CC1CCC. The quantitative estimate of drug-likeness (QED) is 0.459. The Kier molecular flexibility index (Phi) is 6.02. The van der Waals surface area contributed by atoms with Gasteiger partial charge in [0, 0.05) is 5.41 Å². The minimum atomic E-state index is 0.448. The van der Waals surface area contributed by atoms with Gasteiger partial charge in [0.2, 0.25) is 0 Å². The van der Waals surface area contributed by atoms with Crippen LogP contribution in [0.25, 0.3) is 0 Å². The summed E-state index contributed by atoms with van der Waals surface area (Å²) < 4.78 is 0. The van der Waals surface area contributed by atoms with E-state index < -0.39 is 0 Å². The molecule has 0 spiro atoms. The maximum Gasteiger partial charge on any atom is 0.00952 e. The third-order valence-corrected chi connectivity index (χ3v) is 4.09. The van der Waals surface area contributed by atoms with Crippen LogP contribution in [0.4, 0.5) is 0 Å². The molecule has 0 bridgehead atoms. The van der Waals surface area contributed by atoms with Crippen LogP contribution in [-0.2, 0) is 0 Å². The van der Waals surface area contributed by atoms with E-state index in [1.165, 1.54) is 44.9 Å². The summed E-state index contributed by atoms with van der Waals surface area (Å²) in [6, 6.07) is 0. The smallest absolute Gasteiger partial charge is 0.00952 e. The van der Waals surface area contributed by atoms with Crippen molar-refractivity contribution < 1.29 is 0 Å². The molecule has 0 aromatic heterocycles. The maximum atomic E-state index is 2.61. The predicted molar refractivity (Wildman–Crippen MR) is 78.2 cm³/mol. The molecule has 0 aliphatic heterocycles. The van der Waals surface area contributed by atoms with Crippen LogP contribution >= 0.6 is 0 Å². The van der Waals surface area contributed by atoms with Crippen molar-refractivity contribution in [2.45, 2.75) is 72.6 Å². The average Bonchev–Trinajstić information content (AvgIpc) is 2.98. The molecule has 1 rings (SSSR count). The average molecular weight is 234 g/mol. The van der Waals surface area contributed by atoms with Crippen LogP contribution in [0.2, 0.25) is 0 Å². The zero-order chi connectivity index (χ0) is 12.7. The van der Waals surface area contributed by atoms with Crippen LogP contribution in [0.3, 0.4) is 0 Å². The Morgan fingerprint density at radius 2 is 2.00 bits per heavy atom. The molecule has 1 saturated carbocycles. The summed E-state index contributed by atoms with van der Waals surface area (Å²) >= 11 is 0. The molecule has 2 atom stereocenters. The second-order valence-electron chi connectivity index (χ2n) is 5.56. The van der Waals surface area contributed by atoms with Gasteiger partial charge in [-0.15, -0.1) is 0 Å². The first kappa shape index (κ1) is 14.5. The number of hydrogen-bond donors (Lipinski definition) is 0. The fourth-order valence-electron chi connectivity index (χ4n) is 2.96. The van der Waals surface area contributed by atoms with Gasteiger partial charge in [-0.05, 0) is 44.9 Å². The Labute approximate surface area is 108 Å². The van der Waals surface area contributed by atoms with Gasteiger partial charge in [-0.3, -0.25) is 0 Å². The van der Waals surface area contributed by atoms with E-state index in [1.54, 1.807) is 5.57 Å². The molecule has 0 saturated heterocycles. The van der Waals surface area contributed by atoms with Crippen molar-refractivity contribution in [3.05, 3.63) is 23.8 Å². The summed E-state index contributed by atoms with van der Waals surface area (Å²) in [7, 11) is 0. The number of unbranched alkanes of at least 4 members (excludes halogenated alkanes) is 1.